The molecular weight excluding hydrogens is 232 g/mol. The fourth-order valence-electron chi connectivity index (χ4n) is 1.50. The van der Waals surface area contributed by atoms with Gasteiger partial charge in [0.15, 0.2) is 0 Å². The van der Waals surface area contributed by atoms with Crippen molar-refractivity contribution in [2.45, 2.75) is 26.2 Å². The van der Waals surface area contributed by atoms with Crippen LogP contribution in [0.4, 0.5) is 0 Å². The molecule has 0 bridgehead atoms. The van der Waals surface area contributed by atoms with Crippen LogP contribution in [0, 0.1) is 0 Å². The van der Waals surface area contributed by atoms with Gasteiger partial charge in [-0.3, -0.25) is 0 Å². The predicted molar refractivity (Wildman–Crippen MR) is 64.8 cm³/mol. The van der Waals surface area contributed by atoms with Crippen molar-refractivity contribution in [2.75, 3.05) is 0 Å². The van der Waals surface area contributed by atoms with Gasteiger partial charge < -0.3 is 5.11 Å². The maximum atomic E-state index is 10.7. The molecule has 2 rings (SSSR count). The number of rotatable bonds is 2. The molecule has 1 aromatic heterocycles. The highest BCUT2D eigenvalue weighted by Crippen LogP contribution is 2.22. The molecule has 0 amide bonds. The second kappa shape index (κ2) is 4.21. The molecule has 0 aliphatic rings. The maximum absolute atomic E-state index is 10.7. The van der Waals surface area contributed by atoms with Gasteiger partial charge in [0.05, 0.1) is 5.69 Å². The largest absolute Gasteiger partial charge is 0.475 e. The molecule has 0 aliphatic carbocycles. The first-order valence-corrected chi connectivity index (χ1v) is 5.52. The Bertz CT molecular complexity index is 567. The monoisotopic (exact) mass is 246 g/mol. The summed E-state index contributed by atoms with van der Waals surface area (Å²) in [4.78, 5) is 11.9. The summed E-state index contributed by atoms with van der Waals surface area (Å²) >= 11 is 0. The van der Waals surface area contributed by atoms with Gasteiger partial charge in [-0.1, -0.05) is 32.9 Å². The summed E-state index contributed by atoms with van der Waals surface area (Å²) in [5, 5.41) is 19.6. The molecule has 0 unspecified atom stereocenters. The van der Waals surface area contributed by atoms with Crippen molar-refractivity contribution < 1.29 is 9.90 Å². The number of aromatic carboxylic acids is 1. The molecule has 0 aliphatic heterocycles. The van der Waals surface area contributed by atoms with Crippen LogP contribution in [0.3, 0.4) is 0 Å². The van der Waals surface area contributed by atoms with Crippen LogP contribution in [0.25, 0.3) is 5.69 Å². The molecule has 2 aromatic rings. The van der Waals surface area contributed by atoms with E-state index in [1.165, 1.54) is 10.4 Å². The van der Waals surface area contributed by atoms with Gasteiger partial charge in [-0.15, -0.1) is 15.0 Å². The van der Waals surface area contributed by atoms with E-state index in [0.717, 1.165) is 0 Å². The predicted octanol–water partition coefficient (Wildman–Crippen LogP) is 1.66. The van der Waals surface area contributed by atoms with Gasteiger partial charge in [-0.25, -0.2) is 4.79 Å². The Morgan fingerprint density at radius 1 is 1.22 bits per heavy atom. The minimum Gasteiger partial charge on any atom is -0.475 e. The molecule has 0 spiro atoms. The summed E-state index contributed by atoms with van der Waals surface area (Å²) in [6.07, 6.45) is 0. The van der Waals surface area contributed by atoms with Crippen molar-refractivity contribution in [1.29, 1.82) is 0 Å². The lowest BCUT2D eigenvalue weighted by Crippen LogP contribution is -2.11. The number of benzene rings is 1. The quantitative estimate of drug-likeness (QED) is 0.871. The number of tetrazole rings is 1. The zero-order valence-corrected chi connectivity index (χ0v) is 10.5. The highest BCUT2D eigenvalue weighted by Gasteiger charge is 2.14. The van der Waals surface area contributed by atoms with E-state index in [4.69, 9.17) is 5.11 Å². The summed E-state index contributed by atoms with van der Waals surface area (Å²) in [5.41, 5.74) is 1.94. The first kappa shape index (κ1) is 12.2. The Balaban J connectivity index is 2.31. The zero-order chi connectivity index (χ0) is 13.3. The molecule has 1 N–H and O–H groups in total. The Labute approximate surface area is 104 Å². The third kappa shape index (κ3) is 2.37. The van der Waals surface area contributed by atoms with E-state index in [2.05, 4.69) is 36.2 Å². The molecule has 0 fully saturated rings. The van der Waals surface area contributed by atoms with E-state index in [1.807, 2.05) is 24.3 Å². The molecule has 0 saturated carbocycles. The van der Waals surface area contributed by atoms with Crippen molar-refractivity contribution in [1.82, 2.24) is 20.2 Å². The van der Waals surface area contributed by atoms with Crippen molar-refractivity contribution in [3.63, 3.8) is 0 Å². The fraction of sp³-hybridized carbons (Fsp3) is 0.333. The number of carboxylic acids is 1. The standard InChI is InChI=1S/C12H14N4O2/c1-12(2,3)8-4-6-9(7-5-8)16-14-10(11(17)18)13-15-16/h4-7H,1-3H3,(H,17,18). The molecule has 6 heteroatoms. The van der Waals surface area contributed by atoms with Crippen LogP contribution >= 0.6 is 0 Å². The first-order valence-electron chi connectivity index (χ1n) is 5.52. The number of carboxylic acid groups (broad SMARTS) is 1. The van der Waals surface area contributed by atoms with Gasteiger partial charge in [-0.2, -0.15) is 0 Å². The average Bonchev–Trinajstić information content (AvgIpc) is 2.77. The lowest BCUT2D eigenvalue weighted by molar-refractivity contribution is 0.0683. The number of carbonyl (C=O) groups is 1. The van der Waals surface area contributed by atoms with Crippen LogP contribution in [-0.4, -0.2) is 31.3 Å². The molecular formula is C12H14N4O2. The smallest absolute Gasteiger partial charge is 0.377 e. The molecule has 0 atom stereocenters. The van der Waals surface area contributed by atoms with E-state index in [1.54, 1.807) is 0 Å². The fourth-order valence-corrected chi connectivity index (χ4v) is 1.50. The van der Waals surface area contributed by atoms with E-state index < -0.39 is 5.97 Å². The molecule has 1 aromatic carbocycles. The minimum absolute atomic E-state index is 0.0700. The van der Waals surface area contributed by atoms with Gasteiger partial charge in [0.25, 0.3) is 5.82 Å². The number of hydrogen-bond acceptors (Lipinski definition) is 4. The third-order valence-corrected chi connectivity index (χ3v) is 2.57. The Kier molecular flexibility index (Phi) is 2.86. The van der Waals surface area contributed by atoms with Gasteiger partial charge in [0.1, 0.15) is 0 Å². The minimum atomic E-state index is -1.19. The van der Waals surface area contributed by atoms with Crippen molar-refractivity contribution in [2.24, 2.45) is 0 Å². The molecule has 6 nitrogen and oxygen atoms in total. The van der Waals surface area contributed by atoms with Crippen molar-refractivity contribution in [3.8, 4) is 5.69 Å². The van der Waals surface area contributed by atoms with Gasteiger partial charge in [-0.05, 0) is 28.3 Å². The lowest BCUT2D eigenvalue weighted by Gasteiger charge is -2.18. The first-order chi connectivity index (χ1) is 8.38. The van der Waals surface area contributed by atoms with E-state index >= 15 is 0 Å². The van der Waals surface area contributed by atoms with Crippen LogP contribution in [-0.2, 0) is 5.41 Å². The molecule has 0 saturated heterocycles. The van der Waals surface area contributed by atoms with Crippen LogP contribution in [0.1, 0.15) is 37.0 Å². The average molecular weight is 246 g/mol. The Morgan fingerprint density at radius 2 is 1.83 bits per heavy atom. The summed E-state index contributed by atoms with van der Waals surface area (Å²) in [6.45, 7) is 6.37. The van der Waals surface area contributed by atoms with E-state index in [9.17, 15) is 4.79 Å². The number of aromatic nitrogens is 4. The van der Waals surface area contributed by atoms with Crippen LogP contribution in [0.5, 0.6) is 0 Å². The third-order valence-electron chi connectivity index (χ3n) is 2.57. The summed E-state index contributed by atoms with van der Waals surface area (Å²) in [6, 6.07) is 7.63. The normalized spacial score (nSPS) is 11.5. The maximum Gasteiger partial charge on any atom is 0.377 e. The topological polar surface area (TPSA) is 80.9 Å². The highest BCUT2D eigenvalue weighted by atomic mass is 16.4. The molecule has 18 heavy (non-hydrogen) atoms. The van der Waals surface area contributed by atoms with Crippen LogP contribution in [0.2, 0.25) is 0 Å². The van der Waals surface area contributed by atoms with Gasteiger partial charge >= 0.3 is 5.97 Å². The number of nitrogens with zero attached hydrogens (tertiary/aromatic N) is 4. The Hall–Kier alpha value is -2.24. The second-order valence-electron chi connectivity index (χ2n) is 5.00. The van der Waals surface area contributed by atoms with E-state index in [-0.39, 0.29) is 11.2 Å². The molecule has 94 valence electrons. The van der Waals surface area contributed by atoms with E-state index in [0.29, 0.717) is 5.69 Å². The van der Waals surface area contributed by atoms with Crippen molar-refractivity contribution in [3.05, 3.63) is 35.7 Å². The highest BCUT2D eigenvalue weighted by molar-refractivity contribution is 5.82. The van der Waals surface area contributed by atoms with Crippen molar-refractivity contribution >= 4 is 5.97 Å². The van der Waals surface area contributed by atoms with Crippen LogP contribution in [0.15, 0.2) is 24.3 Å². The lowest BCUT2D eigenvalue weighted by atomic mass is 9.87. The molecule has 1 heterocycles. The molecule has 0 radical (unpaired) electrons. The summed E-state index contributed by atoms with van der Waals surface area (Å²) < 4.78 is 0. The summed E-state index contributed by atoms with van der Waals surface area (Å²) in [5.74, 6) is -1.50. The zero-order valence-electron chi connectivity index (χ0n) is 10.5. The number of hydrogen-bond donors (Lipinski definition) is 1. The summed E-state index contributed by atoms with van der Waals surface area (Å²) in [7, 11) is 0. The second-order valence-corrected chi connectivity index (χ2v) is 5.00. The van der Waals surface area contributed by atoms with Gasteiger partial charge in [0, 0.05) is 0 Å². The van der Waals surface area contributed by atoms with Crippen LogP contribution < -0.4 is 0 Å². The Morgan fingerprint density at radius 3 is 2.28 bits per heavy atom. The SMILES string of the molecule is CC(C)(C)c1ccc(-n2nnc(C(=O)O)n2)cc1. The van der Waals surface area contributed by atoms with Gasteiger partial charge in [0.2, 0.25) is 0 Å².